The second-order valence-corrected chi connectivity index (χ2v) is 5.54. The van der Waals surface area contributed by atoms with Crippen LogP contribution in [0.25, 0.3) is 0 Å². The fourth-order valence-corrected chi connectivity index (χ4v) is 2.45. The summed E-state index contributed by atoms with van der Waals surface area (Å²) in [6.45, 7) is 1.88. The minimum atomic E-state index is -4.43. The highest BCUT2D eigenvalue weighted by molar-refractivity contribution is 9.10. The van der Waals surface area contributed by atoms with Gasteiger partial charge >= 0.3 is 6.18 Å². The molecule has 0 amide bonds. The Balaban J connectivity index is 2.52. The average molecular weight is 344 g/mol. The van der Waals surface area contributed by atoms with Crippen molar-refractivity contribution in [3.8, 4) is 0 Å². The van der Waals surface area contributed by atoms with E-state index in [1.807, 2.05) is 13.0 Å². The van der Waals surface area contributed by atoms with Gasteiger partial charge in [-0.05, 0) is 30.2 Å². The lowest BCUT2D eigenvalue weighted by molar-refractivity contribution is -0.138. The molecule has 0 saturated carbocycles. The van der Waals surface area contributed by atoms with Crippen molar-refractivity contribution in [3.63, 3.8) is 0 Å². The second-order valence-electron chi connectivity index (χ2n) is 4.62. The number of alkyl halides is 3. The normalized spacial score (nSPS) is 13.3. The maximum Gasteiger partial charge on any atom is 0.416 e. The summed E-state index contributed by atoms with van der Waals surface area (Å²) in [7, 11) is 0. The van der Waals surface area contributed by atoms with Crippen molar-refractivity contribution >= 4 is 15.9 Å². The molecule has 2 N–H and O–H groups in total. The maximum absolute atomic E-state index is 13.1. The molecule has 1 atom stereocenters. The first-order chi connectivity index (χ1) is 9.29. The molecule has 0 aromatic heterocycles. The summed E-state index contributed by atoms with van der Waals surface area (Å²) >= 11 is 3.06. The van der Waals surface area contributed by atoms with Crippen LogP contribution in [0, 0.1) is 6.92 Å². The van der Waals surface area contributed by atoms with E-state index in [9.17, 15) is 13.2 Å². The number of hydrogen-bond donors (Lipinski definition) is 1. The summed E-state index contributed by atoms with van der Waals surface area (Å²) in [6, 6.07) is 10.4. The maximum atomic E-state index is 13.1. The number of benzene rings is 2. The lowest BCUT2D eigenvalue weighted by Gasteiger charge is -2.19. The van der Waals surface area contributed by atoms with Crippen LogP contribution in [0.1, 0.15) is 28.3 Å². The Hall–Kier alpha value is -1.33. The Bertz CT molecular complexity index is 623. The molecule has 0 saturated heterocycles. The first-order valence-electron chi connectivity index (χ1n) is 5.98. The largest absolute Gasteiger partial charge is 0.416 e. The molecule has 5 heteroatoms. The van der Waals surface area contributed by atoms with Gasteiger partial charge in [-0.1, -0.05) is 51.8 Å². The molecule has 0 heterocycles. The first-order valence-corrected chi connectivity index (χ1v) is 6.77. The monoisotopic (exact) mass is 343 g/mol. The summed E-state index contributed by atoms with van der Waals surface area (Å²) in [5.74, 6) is 0. The smallest absolute Gasteiger partial charge is 0.320 e. The molecule has 0 spiro atoms. The van der Waals surface area contributed by atoms with Gasteiger partial charge in [0.25, 0.3) is 0 Å². The van der Waals surface area contributed by atoms with Crippen molar-refractivity contribution in [2.75, 3.05) is 0 Å². The Kier molecular flexibility index (Phi) is 4.20. The predicted octanol–water partition coefficient (Wildman–Crippen LogP) is 4.82. The van der Waals surface area contributed by atoms with Crippen molar-refractivity contribution in [3.05, 3.63) is 69.2 Å². The Morgan fingerprint density at radius 1 is 1.10 bits per heavy atom. The van der Waals surface area contributed by atoms with Gasteiger partial charge < -0.3 is 5.73 Å². The van der Waals surface area contributed by atoms with Gasteiger partial charge in [0.05, 0.1) is 11.6 Å². The summed E-state index contributed by atoms with van der Waals surface area (Å²) < 4.78 is 39.7. The SMILES string of the molecule is Cc1cccc(C(N)c2ccc(Br)cc2C(F)(F)F)c1. The minimum Gasteiger partial charge on any atom is -0.320 e. The van der Waals surface area contributed by atoms with E-state index in [4.69, 9.17) is 5.73 Å². The molecule has 1 unspecified atom stereocenters. The van der Waals surface area contributed by atoms with Gasteiger partial charge in [-0.15, -0.1) is 0 Å². The topological polar surface area (TPSA) is 26.0 Å². The van der Waals surface area contributed by atoms with Crippen LogP contribution in [0.4, 0.5) is 13.2 Å². The summed E-state index contributed by atoms with van der Waals surface area (Å²) in [5, 5.41) is 0. The predicted molar refractivity (Wildman–Crippen MR) is 76.4 cm³/mol. The van der Waals surface area contributed by atoms with Crippen LogP contribution in [0.2, 0.25) is 0 Å². The summed E-state index contributed by atoms with van der Waals surface area (Å²) in [5.41, 5.74) is 7.01. The molecule has 0 fully saturated rings. The zero-order chi connectivity index (χ0) is 14.9. The Morgan fingerprint density at radius 3 is 2.40 bits per heavy atom. The van der Waals surface area contributed by atoms with E-state index in [0.29, 0.717) is 10.0 Å². The number of aryl methyl sites for hydroxylation is 1. The van der Waals surface area contributed by atoms with E-state index >= 15 is 0 Å². The van der Waals surface area contributed by atoms with Gasteiger partial charge in [-0.25, -0.2) is 0 Å². The molecule has 2 aromatic rings. The molecule has 0 aliphatic rings. The molecule has 106 valence electrons. The van der Waals surface area contributed by atoms with Crippen molar-refractivity contribution in [2.45, 2.75) is 19.1 Å². The van der Waals surface area contributed by atoms with E-state index in [2.05, 4.69) is 15.9 Å². The van der Waals surface area contributed by atoms with Gasteiger partial charge in [-0.2, -0.15) is 13.2 Å². The van der Waals surface area contributed by atoms with Crippen LogP contribution < -0.4 is 5.73 Å². The molecular formula is C15H13BrF3N. The van der Waals surface area contributed by atoms with Crippen LogP contribution in [0.5, 0.6) is 0 Å². The lowest BCUT2D eigenvalue weighted by Crippen LogP contribution is -2.18. The highest BCUT2D eigenvalue weighted by Gasteiger charge is 2.35. The average Bonchev–Trinajstić information content (AvgIpc) is 2.37. The molecule has 0 aliphatic carbocycles. The molecular weight excluding hydrogens is 331 g/mol. The van der Waals surface area contributed by atoms with Crippen molar-refractivity contribution in [1.29, 1.82) is 0 Å². The quantitative estimate of drug-likeness (QED) is 0.830. The van der Waals surface area contributed by atoms with E-state index in [1.165, 1.54) is 6.07 Å². The van der Waals surface area contributed by atoms with E-state index in [1.54, 1.807) is 24.3 Å². The zero-order valence-electron chi connectivity index (χ0n) is 10.7. The standard InChI is InChI=1S/C15H13BrF3N/c1-9-3-2-4-10(7-9)14(20)12-6-5-11(16)8-13(12)15(17,18)19/h2-8,14H,20H2,1H3. The third-order valence-electron chi connectivity index (χ3n) is 3.06. The summed E-state index contributed by atoms with van der Waals surface area (Å²) in [4.78, 5) is 0. The number of hydrogen-bond acceptors (Lipinski definition) is 1. The van der Waals surface area contributed by atoms with Gasteiger partial charge in [-0.3, -0.25) is 0 Å². The van der Waals surface area contributed by atoms with Gasteiger partial charge in [0.2, 0.25) is 0 Å². The third-order valence-corrected chi connectivity index (χ3v) is 3.55. The molecule has 0 radical (unpaired) electrons. The fourth-order valence-electron chi connectivity index (χ4n) is 2.09. The van der Waals surface area contributed by atoms with Crippen LogP contribution in [0.15, 0.2) is 46.9 Å². The molecule has 0 aliphatic heterocycles. The number of nitrogens with two attached hydrogens (primary N) is 1. The van der Waals surface area contributed by atoms with E-state index in [-0.39, 0.29) is 5.56 Å². The van der Waals surface area contributed by atoms with Crippen LogP contribution in [-0.4, -0.2) is 0 Å². The minimum absolute atomic E-state index is 0.0753. The fraction of sp³-hybridized carbons (Fsp3) is 0.200. The Labute approximate surface area is 123 Å². The van der Waals surface area contributed by atoms with Crippen molar-refractivity contribution < 1.29 is 13.2 Å². The van der Waals surface area contributed by atoms with Gasteiger partial charge in [0, 0.05) is 4.47 Å². The van der Waals surface area contributed by atoms with Crippen molar-refractivity contribution in [1.82, 2.24) is 0 Å². The first kappa shape index (κ1) is 15.1. The molecule has 2 rings (SSSR count). The second kappa shape index (κ2) is 5.58. The van der Waals surface area contributed by atoms with E-state index < -0.39 is 17.8 Å². The molecule has 20 heavy (non-hydrogen) atoms. The molecule has 0 bridgehead atoms. The molecule has 1 nitrogen and oxygen atoms in total. The highest BCUT2D eigenvalue weighted by Crippen LogP contribution is 2.37. The highest BCUT2D eigenvalue weighted by atomic mass is 79.9. The van der Waals surface area contributed by atoms with Gasteiger partial charge in [0.1, 0.15) is 0 Å². The third kappa shape index (κ3) is 3.22. The van der Waals surface area contributed by atoms with E-state index in [0.717, 1.165) is 11.6 Å². The van der Waals surface area contributed by atoms with Crippen LogP contribution in [-0.2, 0) is 6.18 Å². The lowest BCUT2D eigenvalue weighted by atomic mass is 9.94. The number of halogens is 4. The molecule has 2 aromatic carbocycles. The summed E-state index contributed by atoms with van der Waals surface area (Å²) in [6.07, 6.45) is -4.43. The van der Waals surface area contributed by atoms with Crippen LogP contribution in [0.3, 0.4) is 0 Å². The van der Waals surface area contributed by atoms with Crippen molar-refractivity contribution in [2.24, 2.45) is 5.73 Å². The van der Waals surface area contributed by atoms with Gasteiger partial charge in [0.15, 0.2) is 0 Å². The number of rotatable bonds is 2. The Morgan fingerprint density at radius 2 is 1.80 bits per heavy atom. The van der Waals surface area contributed by atoms with Crippen LogP contribution >= 0.6 is 15.9 Å². The zero-order valence-corrected chi connectivity index (χ0v) is 12.3.